The molecule has 1 saturated heterocycles. The summed E-state index contributed by atoms with van der Waals surface area (Å²) in [4.78, 5) is 12.8. The van der Waals surface area contributed by atoms with Crippen molar-refractivity contribution in [3.63, 3.8) is 0 Å². The second-order valence-corrected chi connectivity index (χ2v) is 4.99. The Labute approximate surface area is 112 Å². The van der Waals surface area contributed by atoms with Crippen molar-refractivity contribution in [3.05, 3.63) is 28.3 Å². The van der Waals surface area contributed by atoms with E-state index in [0.717, 1.165) is 18.8 Å². The number of piperazine rings is 1. The highest BCUT2D eigenvalue weighted by molar-refractivity contribution is 5.60. The zero-order chi connectivity index (χ0) is 14.0. The van der Waals surface area contributed by atoms with Gasteiger partial charge in [-0.15, -0.1) is 0 Å². The maximum atomic E-state index is 11.0. The molecule has 0 spiro atoms. The lowest BCUT2D eigenvalue weighted by Gasteiger charge is -2.37. The first-order valence-electron chi connectivity index (χ1n) is 6.34. The minimum absolute atomic E-state index is 0.0128. The maximum Gasteiger partial charge on any atom is 0.312 e. The number of hydrogen-bond acceptors (Lipinski definition) is 5. The second kappa shape index (κ2) is 5.44. The van der Waals surface area contributed by atoms with Gasteiger partial charge in [-0.25, -0.2) is 0 Å². The summed E-state index contributed by atoms with van der Waals surface area (Å²) in [5.74, 6) is 0.296. The largest absolute Gasteiger partial charge is 0.490 e. The van der Waals surface area contributed by atoms with E-state index in [1.807, 2.05) is 6.07 Å². The Morgan fingerprint density at radius 2 is 2.00 bits per heavy atom. The summed E-state index contributed by atoms with van der Waals surface area (Å²) in [5, 5.41) is 14.5. The lowest BCUT2D eigenvalue weighted by atomic mass is 10.1. The topological polar surface area (TPSA) is 67.6 Å². The van der Waals surface area contributed by atoms with Crippen LogP contribution >= 0.6 is 0 Å². The van der Waals surface area contributed by atoms with Gasteiger partial charge in [-0.1, -0.05) is 0 Å². The molecule has 1 aromatic rings. The SMILES string of the molecule is COc1ccc(N2C[C@@H](C)N[C@@H](C)C2)cc1[N+](=O)[O-]. The maximum absolute atomic E-state index is 11.0. The van der Waals surface area contributed by atoms with Gasteiger partial charge < -0.3 is 15.0 Å². The molecule has 2 rings (SSSR count). The third kappa shape index (κ3) is 2.96. The zero-order valence-electron chi connectivity index (χ0n) is 11.4. The minimum atomic E-state index is -0.405. The number of nitro benzene ring substituents is 1. The third-order valence-corrected chi connectivity index (χ3v) is 3.28. The van der Waals surface area contributed by atoms with Crippen LogP contribution in [0.5, 0.6) is 5.75 Å². The van der Waals surface area contributed by atoms with Crippen LogP contribution in [0.15, 0.2) is 18.2 Å². The summed E-state index contributed by atoms with van der Waals surface area (Å²) in [6.45, 7) is 5.91. The molecule has 1 aliphatic heterocycles. The van der Waals surface area contributed by atoms with Crippen LogP contribution in [-0.2, 0) is 0 Å². The molecule has 6 heteroatoms. The molecule has 1 aliphatic rings. The average Bonchev–Trinajstić information content (AvgIpc) is 2.36. The standard InChI is InChI=1S/C13H19N3O3/c1-9-7-15(8-10(2)14-9)11-4-5-13(19-3)12(6-11)16(17)18/h4-6,9-10,14H,7-8H2,1-3H3/t9-,10+. The quantitative estimate of drug-likeness (QED) is 0.666. The van der Waals surface area contributed by atoms with Gasteiger partial charge in [-0.3, -0.25) is 10.1 Å². The molecule has 0 bridgehead atoms. The fourth-order valence-electron chi connectivity index (χ4n) is 2.56. The Morgan fingerprint density at radius 3 is 2.53 bits per heavy atom. The van der Waals surface area contributed by atoms with Gasteiger partial charge in [0, 0.05) is 36.9 Å². The number of hydrogen-bond donors (Lipinski definition) is 1. The summed E-state index contributed by atoms with van der Waals surface area (Å²) < 4.78 is 5.02. The highest BCUT2D eigenvalue weighted by atomic mass is 16.6. The number of methoxy groups -OCH3 is 1. The number of ether oxygens (including phenoxy) is 1. The molecule has 104 valence electrons. The van der Waals surface area contributed by atoms with Crippen LogP contribution in [0, 0.1) is 10.1 Å². The smallest absolute Gasteiger partial charge is 0.312 e. The molecule has 6 nitrogen and oxygen atoms in total. The number of benzene rings is 1. The molecule has 0 aromatic heterocycles. The van der Waals surface area contributed by atoms with E-state index in [9.17, 15) is 10.1 Å². The number of nitrogens with zero attached hydrogens (tertiary/aromatic N) is 2. The van der Waals surface area contributed by atoms with E-state index in [2.05, 4.69) is 24.1 Å². The second-order valence-electron chi connectivity index (χ2n) is 4.99. The van der Waals surface area contributed by atoms with Crippen LogP contribution in [0.4, 0.5) is 11.4 Å². The summed E-state index contributed by atoms with van der Waals surface area (Å²) in [6, 6.07) is 5.85. The van der Waals surface area contributed by atoms with E-state index in [4.69, 9.17) is 4.74 Å². The van der Waals surface area contributed by atoms with Gasteiger partial charge in [0.1, 0.15) is 0 Å². The van der Waals surface area contributed by atoms with Crippen molar-refractivity contribution in [2.45, 2.75) is 25.9 Å². The number of nitro groups is 1. The molecule has 0 aliphatic carbocycles. The first-order chi connectivity index (χ1) is 9.01. The predicted molar refractivity (Wildman–Crippen MR) is 73.9 cm³/mol. The Kier molecular flexibility index (Phi) is 3.90. The zero-order valence-corrected chi connectivity index (χ0v) is 11.4. The molecule has 0 unspecified atom stereocenters. The van der Waals surface area contributed by atoms with Gasteiger partial charge in [0.25, 0.3) is 0 Å². The molecule has 2 atom stereocenters. The average molecular weight is 265 g/mol. The minimum Gasteiger partial charge on any atom is -0.490 e. The molecule has 19 heavy (non-hydrogen) atoms. The lowest BCUT2D eigenvalue weighted by molar-refractivity contribution is -0.385. The highest BCUT2D eigenvalue weighted by Crippen LogP contribution is 2.31. The molecular weight excluding hydrogens is 246 g/mol. The highest BCUT2D eigenvalue weighted by Gasteiger charge is 2.23. The van der Waals surface area contributed by atoms with Crippen LogP contribution in [-0.4, -0.2) is 37.2 Å². The van der Waals surface area contributed by atoms with Crippen LogP contribution in [0.1, 0.15) is 13.8 Å². The van der Waals surface area contributed by atoms with Crippen LogP contribution in [0.3, 0.4) is 0 Å². The number of rotatable bonds is 3. The molecule has 1 heterocycles. The van der Waals surface area contributed by atoms with Gasteiger partial charge in [0.05, 0.1) is 12.0 Å². The van der Waals surface area contributed by atoms with Crippen LogP contribution in [0.2, 0.25) is 0 Å². The first-order valence-corrected chi connectivity index (χ1v) is 6.34. The van der Waals surface area contributed by atoms with E-state index in [-0.39, 0.29) is 5.69 Å². The molecule has 1 N–H and O–H groups in total. The van der Waals surface area contributed by atoms with E-state index < -0.39 is 4.92 Å². The number of nitrogens with one attached hydrogen (secondary N) is 1. The summed E-state index contributed by atoms with van der Waals surface area (Å²) in [7, 11) is 1.44. The summed E-state index contributed by atoms with van der Waals surface area (Å²) in [6.07, 6.45) is 0. The molecule has 0 saturated carbocycles. The van der Waals surface area contributed by atoms with E-state index in [1.54, 1.807) is 12.1 Å². The van der Waals surface area contributed by atoms with Crippen molar-refractivity contribution in [1.29, 1.82) is 0 Å². The van der Waals surface area contributed by atoms with Crippen LogP contribution < -0.4 is 15.0 Å². The van der Waals surface area contributed by atoms with Gasteiger partial charge in [0.2, 0.25) is 0 Å². The van der Waals surface area contributed by atoms with Crippen LogP contribution in [0.25, 0.3) is 0 Å². The van der Waals surface area contributed by atoms with Gasteiger partial charge >= 0.3 is 5.69 Å². The van der Waals surface area contributed by atoms with Gasteiger partial charge in [-0.2, -0.15) is 0 Å². The van der Waals surface area contributed by atoms with Crippen molar-refractivity contribution < 1.29 is 9.66 Å². The monoisotopic (exact) mass is 265 g/mol. The Hall–Kier alpha value is -1.82. The van der Waals surface area contributed by atoms with Crippen molar-refractivity contribution in [1.82, 2.24) is 5.32 Å². The van der Waals surface area contributed by atoms with Crippen molar-refractivity contribution in [2.75, 3.05) is 25.1 Å². The fourth-order valence-corrected chi connectivity index (χ4v) is 2.56. The Bertz CT molecular complexity index is 468. The molecule has 1 aromatic carbocycles. The van der Waals surface area contributed by atoms with Gasteiger partial charge in [0.15, 0.2) is 5.75 Å². The Balaban J connectivity index is 2.30. The third-order valence-electron chi connectivity index (χ3n) is 3.28. The normalized spacial score (nSPS) is 23.2. The lowest BCUT2D eigenvalue weighted by Crippen LogP contribution is -2.54. The van der Waals surface area contributed by atoms with E-state index in [1.165, 1.54) is 7.11 Å². The molecule has 0 amide bonds. The predicted octanol–water partition coefficient (Wildman–Crippen LogP) is 1.79. The van der Waals surface area contributed by atoms with Crippen molar-refractivity contribution in [2.24, 2.45) is 0 Å². The van der Waals surface area contributed by atoms with E-state index in [0.29, 0.717) is 17.8 Å². The fraction of sp³-hybridized carbons (Fsp3) is 0.538. The van der Waals surface area contributed by atoms with Crippen molar-refractivity contribution in [3.8, 4) is 5.75 Å². The number of anilines is 1. The Morgan fingerprint density at radius 1 is 1.37 bits per heavy atom. The summed E-state index contributed by atoms with van der Waals surface area (Å²) in [5.41, 5.74) is 0.881. The molecular formula is C13H19N3O3. The summed E-state index contributed by atoms with van der Waals surface area (Å²) >= 11 is 0. The van der Waals surface area contributed by atoms with E-state index >= 15 is 0 Å². The molecule has 1 fully saturated rings. The van der Waals surface area contributed by atoms with Gasteiger partial charge in [-0.05, 0) is 26.0 Å². The van der Waals surface area contributed by atoms with Crippen molar-refractivity contribution >= 4 is 11.4 Å². The molecule has 0 radical (unpaired) electrons. The first kappa shape index (κ1) is 13.6.